The molecule has 1 amide bonds. The number of pyridine rings is 1. The van der Waals surface area contributed by atoms with Crippen molar-refractivity contribution in [2.45, 2.75) is 37.0 Å². The number of aromatic nitrogens is 1. The van der Waals surface area contributed by atoms with Crippen molar-refractivity contribution >= 4 is 35.2 Å². The van der Waals surface area contributed by atoms with Crippen LogP contribution >= 0.6 is 23.4 Å². The van der Waals surface area contributed by atoms with Crippen LogP contribution in [0.1, 0.15) is 18.9 Å². The lowest BCUT2D eigenvalue weighted by Crippen LogP contribution is -2.61. The fourth-order valence-electron chi connectivity index (χ4n) is 3.69. The number of benzene rings is 1. The second-order valence-electron chi connectivity index (χ2n) is 6.98. The first-order valence-corrected chi connectivity index (χ1v) is 10.4. The summed E-state index contributed by atoms with van der Waals surface area (Å²) in [5.41, 5.74) is 0.939. The van der Waals surface area contributed by atoms with Crippen molar-refractivity contribution in [1.29, 1.82) is 0 Å². The van der Waals surface area contributed by atoms with Gasteiger partial charge in [0.15, 0.2) is 0 Å². The Hall–Kier alpha value is -2.35. The van der Waals surface area contributed by atoms with E-state index in [1.165, 1.54) is 16.7 Å². The van der Waals surface area contributed by atoms with Gasteiger partial charge in [0.25, 0.3) is 0 Å². The minimum Gasteiger partial charge on any atom is -0.456 e. The molecule has 0 spiro atoms. The molecule has 2 aromatic rings. The number of nitrogens with zero attached hydrogens (tertiary/aromatic N) is 2. The number of hydrogen-bond donors (Lipinski definition) is 1. The van der Waals surface area contributed by atoms with E-state index in [0.29, 0.717) is 17.0 Å². The lowest BCUT2D eigenvalue weighted by Gasteiger charge is -2.44. The van der Waals surface area contributed by atoms with Gasteiger partial charge in [0.05, 0.1) is 18.1 Å². The Bertz CT molecular complexity index is 980. The maximum Gasteiger partial charge on any atom is 0.356 e. The van der Waals surface area contributed by atoms with Gasteiger partial charge < -0.3 is 14.7 Å². The fourth-order valence-corrected chi connectivity index (χ4v) is 4.96. The Morgan fingerprint density at radius 1 is 1.38 bits per heavy atom. The molecule has 1 aromatic carbocycles. The van der Waals surface area contributed by atoms with Crippen molar-refractivity contribution < 1.29 is 19.4 Å². The van der Waals surface area contributed by atoms with Crippen LogP contribution in [0, 0.1) is 5.92 Å². The summed E-state index contributed by atoms with van der Waals surface area (Å²) in [5.74, 6) is -1.33. The largest absolute Gasteiger partial charge is 0.456 e. The fraction of sp³-hybridized carbons (Fsp3) is 0.286. The highest BCUT2D eigenvalue weighted by molar-refractivity contribution is 8.03. The Kier molecular flexibility index (Phi) is 5.63. The third-order valence-corrected chi connectivity index (χ3v) is 6.53. The van der Waals surface area contributed by atoms with Gasteiger partial charge in [0.1, 0.15) is 12.3 Å². The van der Waals surface area contributed by atoms with Crippen molar-refractivity contribution in [3.8, 4) is 0 Å². The van der Waals surface area contributed by atoms with Gasteiger partial charge in [-0.2, -0.15) is 0 Å². The SMILES string of the molecule is CC(O)C1C(=O)N2C(C(=O)OCc3ccccc3Cl)=C(Sc3cccnc3)CC12. The Morgan fingerprint density at radius 2 is 2.17 bits per heavy atom. The van der Waals surface area contributed by atoms with E-state index in [1.54, 1.807) is 37.5 Å². The lowest BCUT2D eigenvalue weighted by atomic mass is 9.83. The summed E-state index contributed by atoms with van der Waals surface area (Å²) >= 11 is 7.53. The number of β-lactam (4-membered cyclic amide) rings is 1. The van der Waals surface area contributed by atoms with Gasteiger partial charge in [0.2, 0.25) is 5.91 Å². The van der Waals surface area contributed by atoms with Crippen LogP contribution in [0.25, 0.3) is 0 Å². The molecule has 3 unspecified atom stereocenters. The Balaban J connectivity index is 1.58. The molecule has 1 N–H and O–H groups in total. The maximum absolute atomic E-state index is 12.9. The summed E-state index contributed by atoms with van der Waals surface area (Å²) in [6.45, 7) is 1.61. The van der Waals surface area contributed by atoms with E-state index in [9.17, 15) is 14.7 Å². The molecule has 3 atom stereocenters. The number of esters is 1. The number of carbonyl (C=O) groups excluding carboxylic acids is 2. The molecule has 150 valence electrons. The van der Waals surface area contributed by atoms with Crippen molar-refractivity contribution in [3.63, 3.8) is 0 Å². The molecule has 29 heavy (non-hydrogen) atoms. The predicted molar refractivity (Wildman–Crippen MR) is 109 cm³/mol. The second kappa shape index (κ2) is 8.18. The second-order valence-corrected chi connectivity index (χ2v) is 8.55. The number of amides is 1. The standard InChI is InChI=1S/C21H19ClN2O4S/c1-12(25)18-16-9-17(29-14-6-4-8-23-10-14)19(24(16)20(18)26)21(27)28-11-13-5-2-3-7-15(13)22/h2-8,10,12,16,18,25H,9,11H2,1H3. The van der Waals surface area contributed by atoms with E-state index < -0.39 is 18.0 Å². The zero-order valence-electron chi connectivity index (χ0n) is 15.6. The number of fused-ring (bicyclic) bond motifs is 1. The third-order valence-electron chi connectivity index (χ3n) is 5.07. The maximum atomic E-state index is 12.9. The zero-order chi connectivity index (χ0) is 20.5. The van der Waals surface area contributed by atoms with Crippen LogP contribution in [0.15, 0.2) is 64.3 Å². The Labute approximate surface area is 177 Å². The van der Waals surface area contributed by atoms with E-state index in [-0.39, 0.29) is 24.3 Å². The first-order valence-electron chi connectivity index (χ1n) is 9.20. The molecule has 1 aromatic heterocycles. The smallest absolute Gasteiger partial charge is 0.356 e. The van der Waals surface area contributed by atoms with Crippen molar-refractivity contribution in [1.82, 2.24) is 9.88 Å². The van der Waals surface area contributed by atoms with E-state index >= 15 is 0 Å². The summed E-state index contributed by atoms with van der Waals surface area (Å²) in [7, 11) is 0. The number of hydrogen-bond acceptors (Lipinski definition) is 6. The van der Waals surface area contributed by atoms with Crippen molar-refractivity contribution in [2.75, 3.05) is 0 Å². The number of aliphatic hydroxyl groups is 1. The van der Waals surface area contributed by atoms with Crippen LogP contribution in [-0.2, 0) is 20.9 Å². The lowest BCUT2D eigenvalue weighted by molar-refractivity contribution is -0.162. The summed E-state index contributed by atoms with van der Waals surface area (Å²) in [5, 5.41) is 10.5. The van der Waals surface area contributed by atoms with Gasteiger partial charge in [-0.05, 0) is 25.1 Å². The molecule has 0 bridgehead atoms. The molecular formula is C21H19ClN2O4S. The van der Waals surface area contributed by atoms with Crippen LogP contribution in [0.3, 0.4) is 0 Å². The molecule has 2 aliphatic heterocycles. The van der Waals surface area contributed by atoms with Crippen LogP contribution in [-0.4, -0.2) is 39.0 Å². The minimum absolute atomic E-state index is 0.0133. The summed E-state index contributed by atoms with van der Waals surface area (Å²) in [6.07, 6.45) is 3.10. The van der Waals surface area contributed by atoms with Gasteiger partial charge in [-0.25, -0.2) is 4.79 Å². The molecule has 3 heterocycles. The predicted octanol–water partition coefficient (Wildman–Crippen LogP) is 3.39. The van der Waals surface area contributed by atoms with Crippen molar-refractivity contribution in [3.05, 3.63) is 70.0 Å². The minimum atomic E-state index is -0.771. The zero-order valence-corrected chi connectivity index (χ0v) is 17.2. The quantitative estimate of drug-likeness (QED) is 0.559. The van der Waals surface area contributed by atoms with Gasteiger partial charge in [0, 0.05) is 39.2 Å². The summed E-state index contributed by atoms with van der Waals surface area (Å²) in [6, 6.07) is 10.6. The average Bonchev–Trinajstić information content (AvgIpc) is 3.01. The number of ether oxygens (including phenoxy) is 1. The molecule has 4 rings (SSSR count). The van der Waals surface area contributed by atoms with E-state index in [2.05, 4.69) is 4.98 Å². The number of carbonyl (C=O) groups is 2. The third kappa shape index (κ3) is 3.77. The summed E-state index contributed by atoms with van der Waals surface area (Å²) < 4.78 is 5.49. The highest BCUT2D eigenvalue weighted by Crippen LogP contribution is 2.48. The highest BCUT2D eigenvalue weighted by Gasteiger charge is 2.57. The Morgan fingerprint density at radius 3 is 2.86 bits per heavy atom. The molecule has 6 nitrogen and oxygen atoms in total. The van der Waals surface area contributed by atoms with Crippen LogP contribution in [0.2, 0.25) is 5.02 Å². The van der Waals surface area contributed by atoms with Gasteiger partial charge in [-0.15, -0.1) is 0 Å². The van der Waals surface area contributed by atoms with E-state index in [4.69, 9.17) is 16.3 Å². The van der Waals surface area contributed by atoms with Crippen LogP contribution in [0.4, 0.5) is 0 Å². The number of halogens is 1. The molecule has 0 radical (unpaired) electrons. The molecule has 1 saturated heterocycles. The number of thioether (sulfide) groups is 1. The van der Waals surface area contributed by atoms with Gasteiger partial charge in [-0.3, -0.25) is 9.78 Å². The first kappa shape index (κ1) is 19.9. The van der Waals surface area contributed by atoms with Gasteiger partial charge in [-0.1, -0.05) is 41.6 Å². The number of rotatable bonds is 6. The van der Waals surface area contributed by atoms with E-state index in [0.717, 1.165) is 9.80 Å². The van der Waals surface area contributed by atoms with Crippen molar-refractivity contribution in [2.24, 2.45) is 5.92 Å². The molecule has 2 aliphatic rings. The number of aliphatic hydroxyl groups excluding tert-OH is 1. The monoisotopic (exact) mass is 430 g/mol. The topological polar surface area (TPSA) is 79.7 Å². The van der Waals surface area contributed by atoms with Crippen LogP contribution in [0.5, 0.6) is 0 Å². The van der Waals surface area contributed by atoms with Gasteiger partial charge >= 0.3 is 5.97 Å². The molecule has 0 saturated carbocycles. The molecular weight excluding hydrogens is 412 g/mol. The normalized spacial score (nSPS) is 21.6. The first-order chi connectivity index (χ1) is 14.0. The molecule has 8 heteroatoms. The molecule has 1 fully saturated rings. The summed E-state index contributed by atoms with van der Waals surface area (Å²) in [4.78, 5) is 32.7. The molecule has 0 aliphatic carbocycles. The van der Waals surface area contributed by atoms with Crippen LogP contribution < -0.4 is 0 Å². The highest BCUT2D eigenvalue weighted by atomic mass is 35.5. The van der Waals surface area contributed by atoms with E-state index in [1.807, 2.05) is 18.2 Å². The average molecular weight is 431 g/mol.